The maximum atomic E-state index is 9.64. The molecular formula is C23H31NO5. The fourth-order valence-electron chi connectivity index (χ4n) is 2.62. The SMILES string of the molecule is CCOCCOCCOc1ccc(CC(CO)N=Cc2ccc(OC)cc2)cc1. The first-order valence-electron chi connectivity index (χ1n) is 9.90. The van der Waals surface area contributed by atoms with Crippen LogP contribution in [0.25, 0.3) is 0 Å². The quantitative estimate of drug-likeness (QED) is 0.389. The van der Waals surface area contributed by atoms with Gasteiger partial charge in [0.25, 0.3) is 0 Å². The number of hydrogen-bond donors (Lipinski definition) is 1. The lowest BCUT2D eigenvalue weighted by Crippen LogP contribution is -2.14. The predicted octanol–water partition coefficient (Wildman–Crippen LogP) is 3.15. The van der Waals surface area contributed by atoms with Crippen LogP contribution < -0.4 is 9.47 Å². The van der Waals surface area contributed by atoms with E-state index in [1.807, 2.05) is 55.5 Å². The average Bonchev–Trinajstić information content (AvgIpc) is 2.77. The smallest absolute Gasteiger partial charge is 0.119 e. The van der Waals surface area contributed by atoms with E-state index in [0.717, 1.165) is 22.6 Å². The zero-order valence-electron chi connectivity index (χ0n) is 17.3. The van der Waals surface area contributed by atoms with Gasteiger partial charge in [0.2, 0.25) is 0 Å². The Labute approximate surface area is 173 Å². The molecule has 6 heteroatoms. The minimum absolute atomic E-state index is 0.00993. The van der Waals surface area contributed by atoms with Crippen molar-refractivity contribution in [3.05, 3.63) is 59.7 Å². The molecular weight excluding hydrogens is 370 g/mol. The number of aliphatic hydroxyl groups excluding tert-OH is 1. The first-order valence-corrected chi connectivity index (χ1v) is 9.90. The number of aliphatic imine (C=N–C) groups is 1. The number of benzene rings is 2. The summed E-state index contributed by atoms with van der Waals surface area (Å²) in [4.78, 5) is 4.50. The van der Waals surface area contributed by atoms with Crippen molar-refractivity contribution in [1.29, 1.82) is 0 Å². The van der Waals surface area contributed by atoms with Crippen molar-refractivity contribution in [2.75, 3.05) is 46.8 Å². The molecule has 2 rings (SSSR count). The van der Waals surface area contributed by atoms with Crippen LogP contribution in [-0.4, -0.2) is 64.1 Å². The molecule has 0 aromatic heterocycles. The van der Waals surface area contributed by atoms with Gasteiger partial charge in [0.05, 0.1) is 39.6 Å². The van der Waals surface area contributed by atoms with E-state index in [0.29, 0.717) is 39.5 Å². The van der Waals surface area contributed by atoms with Crippen LogP contribution >= 0.6 is 0 Å². The summed E-state index contributed by atoms with van der Waals surface area (Å²) >= 11 is 0. The molecule has 6 nitrogen and oxygen atoms in total. The van der Waals surface area contributed by atoms with Crippen LogP contribution in [0.15, 0.2) is 53.5 Å². The highest BCUT2D eigenvalue weighted by Gasteiger charge is 2.06. The molecule has 0 saturated heterocycles. The minimum atomic E-state index is -0.192. The van der Waals surface area contributed by atoms with E-state index in [4.69, 9.17) is 18.9 Å². The normalized spacial score (nSPS) is 12.2. The molecule has 1 N–H and O–H groups in total. The Kier molecular flexibility index (Phi) is 10.8. The van der Waals surface area contributed by atoms with Gasteiger partial charge < -0.3 is 24.1 Å². The molecule has 1 unspecified atom stereocenters. The highest BCUT2D eigenvalue weighted by atomic mass is 16.5. The summed E-state index contributed by atoms with van der Waals surface area (Å²) < 4.78 is 21.4. The van der Waals surface area contributed by atoms with Crippen molar-refractivity contribution in [2.45, 2.75) is 19.4 Å². The van der Waals surface area contributed by atoms with Crippen LogP contribution in [0, 0.1) is 0 Å². The van der Waals surface area contributed by atoms with Gasteiger partial charge >= 0.3 is 0 Å². The molecule has 158 valence electrons. The zero-order chi connectivity index (χ0) is 20.7. The Balaban J connectivity index is 1.75. The second kappa shape index (κ2) is 13.7. The highest BCUT2D eigenvalue weighted by molar-refractivity contribution is 5.79. The Bertz CT molecular complexity index is 700. The van der Waals surface area contributed by atoms with Crippen LogP contribution in [-0.2, 0) is 15.9 Å². The van der Waals surface area contributed by atoms with E-state index >= 15 is 0 Å². The molecule has 2 aromatic rings. The monoisotopic (exact) mass is 401 g/mol. The third kappa shape index (κ3) is 9.09. The summed E-state index contributed by atoms with van der Waals surface area (Å²) in [5, 5.41) is 9.64. The Morgan fingerprint density at radius 1 is 0.897 bits per heavy atom. The van der Waals surface area contributed by atoms with Crippen molar-refractivity contribution in [1.82, 2.24) is 0 Å². The van der Waals surface area contributed by atoms with E-state index in [1.54, 1.807) is 13.3 Å². The van der Waals surface area contributed by atoms with Crippen molar-refractivity contribution < 1.29 is 24.1 Å². The molecule has 2 aromatic carbocycles. The second-order valence-electron chi connectivity index (χ2n) is 6.39. The lowest BCUT2D eigenvalue weighted by molar-refractivity contribution is 0.0405. The maximum absolute atomic E-state index is 9.64. The van der Waals surface area contributed by atoms with Crippen molar-refractivity contribution in [2.24, 2.45) is 4.99 Å². The van der Waals surface area contributed by atoms with Gasteiger partial charge in [0, 0.05) is 12.8 Å². The molecule has 0 spiro atoms. The van der Waals surface area contributed by atoms with Gasteiger partial charge in [0.1, 0.15) is 18.1 Å². The third-order valence-corrected chi connectivity index (χ3v) is 4.23. The van der Waals surface area contributed by atoms with Crippen molar-refractivity contribution in [3.8, 4) is 11.5 Å². The topological polar surface area (TPSA) is 69.5 Å². The van der Waals surface area contributed by atoms with E-state index in [1.165, 1.54) is 0 Å². The fourth-order valence-corrected chi connectivity index (χ4v) is 2.62. The highest BCUT2D eigenvalue weighted by Crippen LogP contribution is 2.15. The van der Waals surface area contributed by atoms with Gasteiger partial charge in [-0.3, -0.25) is 4.99 Å². The molecule has 0 fully saturated rings. The first-order chi connectivity index (χ1) is 14.2. The largest absolute Gasteiger partial charge is 0.497 e. The third-order valence-electron chi connectivity index (χ3n) is 4.23. The maximum Gasteiger partial charge on any atom is 0.119 e. The second-order valence-corrected chi connectivity index (χ2v) is 6.39. The fraction of sp³-hybridized carbons (Fsp3) is 0.435. The van der Waals surface area contributed by atoms with Gasteiger partial charge in [-0.15, -0.1) is 0 Å². The summed E-state index contributed by atoms with van der Waals surface area (Å²) in [6, 6.07) is 15.3. The Hall–Kier alpha value is -2.41. The first kappa shape index (κ1) is 22.9. The van der Waals surface area contributed by atoms with E-state index in [2.05, 4.69) is 4.99 Å². The summed E-state index contributed by atoms with van der Waals surface area (Å²) in [6.07, 6.45) is 2.44. The van der Waals surface area contributed by atoms with Crippen LogP contribution in [0.3, 0.4) is 0 Å². The zero-order valence-corrected chi connectivity index (χ0v) is 17.3. The summed E-state index contributed by atoms with van der Waals surface area (Å²) in [5.41, 5.74) is 2.06. The molecule has 0 aliphatic carbocycles. The molecule has 1 atom stereocenters. The van der Waals surface area contributed by atoms with Gasteiger partial charge in [-0.25, -0.2) is 0 Å². The van der Waals surface area contributed by atoms with Gasteiger partial charge in [0.15, 0.2) is 0 Å². The summed E-state index contributed by atoms with van der Waals surface area (Å²) in [6.45, 7) is 4.87. The number of ether oxygens (including phenoxy) is 4. The Morgan fingerprint density at radius 3 is 2.21 bits per heavy atom. The standard InChI is InChI=1S/C23H31NO5/c1-3-27-12-13-28-14-15-29-23-10-4-19(5-11-23)16-21(18-25)24-17-20-6-8-22(26-2)9-7-20/h4-11,17,21,25H,3,12-16,18H2,1-2H3. The van der Waals surface area contributed by atoms with E-state index < -0.39 is 0 Å². The average molecular weight is 402 g/mol. The van der Waals surface area contributed by atoms with Crippen LogP contribution in [0.1, 0.15) is 18.1 Å². The molecule has 29 heavy (non-hydrogen) atoms. The Morgan fingerprint density at radius 2 is 1.55 bits per heavy atom. The molecule has 0 saturated carbocycles. The molecule has 0 amide bonds. The number of methoxy groups -OCH3 is 1. The lowest BCUT2D eigenvalue weighted by atomic mass is 10.1. The van der Waals surface area contributed by atoms with Crippen LogP contribution in [0.4, 0.5) is 0 Å². The van der Waals surface area contributed by atoms with Crippen molar-refractivity contribution in [3.63, 3.8) is 0 Å². The van der Waals surface area contributed by atoms with Gasteiger partial charge in [-0.05, 0) is 60.9 Å². The van der Waals surface area contributed by atoms with E-state index in [9.17, 15) is 5.11 Å². The van der Waals surface area contributed by atoms with Gasteiger partial charge in [-0.1, -0.05) is 12.1 Å². The minimum Gasteiger partial charge on any atom is -0.497 e. The van der Waals surface area contributed by atoms with Crippen LogP contribution in [0.2, 0.25) is 0 Å². The number of nitrogens with zero attached hydrogens (tertiary/aromatic N) is 1. The van der Waals surface area contributed by atoms with Crippen molar-refractivity contribution >= 4 is 6.21 Å². The van der Waals surface area contributed by atoms with Crippen LogP contribution in [0.5, 0.6) is 11.5 Å². The molecule has 0 radical (unpaired) electrons. The molecule has 0 heterocycles. The number of hydrogen-bond acceptors (Lipinski definition) is 6. The molecule has 0 bridgehead atoms. The number of aliphatic hydroxyl groups is 1. The van der Waals surface area contributed by atoms with Gasteiger partial charge in [-0.2, -0.15) is 0 Å². The molecule has 0 aliphatic rings. The summed E-state index contributed by atoms with van der Waals surface area (Å²) in [5.74, 6) is 1.60. The van der Waals surface area contributed by atoms with E-state index in [-0.39, 0.29) is 12.6 Å². The molecule has 0 aliphatic heterocycles. The number of rotatable bonds is 14. The lowest BCUT2D eigenvalue weighted by Gasteiger charge is -2.11. The summed E-state index contributed by atoms with van der Waals surface area (Å²) in [7, 11) is 1.64. The predicted molar refractivity (Wildman–Crippen MR) is 114 cm³/mol.